The molecule has 6 nitrogen and oxygen atoms in total. The van der Waals surface area contributed by atoms with Gasteiger partial charge in [0.25, 0.3) is 0 Å². The van der Waals surface area contributed by atoms with E-state index in [1.54, 1.807) is 0 Å². The van der Waals surface area contributed by atoms with Crippen molar-refractivity contribution < 1.29 is 20.4 Å². The second kappa shape index (κ2) is 7.11. The van der Waals surface area contributed by atoms with Crippen LogP contribution >= 0.6 is 23.2 Å². The predicted molar refractivity (Wildman–Crippen MR) is 103 cm³/mol. The van der Waals surface area contributed by atoms with Crippen LogP contribution in [0.1, 0.15) is 0 Å². The zero-order valence-electron chi connectivity index (χ0n) is 13.2. The lowest BCUT2D eigenvalue weighted by molar-refractivity contribution is 0.463. The standard InChI is InChI=1S/C18H14Cl2N2O4/c19-9-1-3-15(23)11(5-9)21-13-7-18(26)14(8-17(13)25)22-12-6-10(20)2-4-16(12)24/h1-8,21-26H. The fourth-order valence-corrected chi connectivity index (χ4v) is 2.63. The Morgan fingerprint density at radius 2 is 0.846 bits per heavy atom. The molecule has 0 heterocycles. The minimum absolute atomic E-state index is 0.0701. The van der Waals surface area contributed by atoms with Gasteiger partial charge in [0, 0.05) is 22.2 Å². The second-order valence-electron chi connectivity index (χ2n) is 5.46. The van der Waals surface area contributed by atoms with Gasteiger partial charge in [0.05, 0.1) is 22.7 Å². The topological polar surface area (TPSA) is 105 Å². The Hall–Kier alpha value is -2.96. The van der Waals surface area contributed by atoms with E-state index in [4.69, 9.17) is 23.2 Å². The molecule has 0 aliphatic rings. The number of nitrogens with one attached hydrogen (secondary N) is 2. The fourth-order valence-electron chi connectivity index (χ4n) is 2.28. The molecule has 0 aliphatic heterocycles. The average molecular weight is 393 g/mol. The van der Waals surface area contributed by atoms with Crippen molar-refractivity contribution in [2.24, 2.45) is 0 Å². The number of benzene rings is 3. The van der Waals surface area contributed by atoms with Gasteiger partial charge < -0.3 is 31.1 Å². The van der Waals surface area contributed by atoms with Crippen molar-refractivity contribution in [1.82, 2.24) is 0 Å². The van der Waals surface area contributed by atoms with Crippen molar-refractivity contribution in [3.05, 3.63) is 58.6 Å². The van der Waals surface area contributed by atoms with E-state index in [9.17, 15) is 20.4 Å². The van der Waals surface area contributed by atoms with Crippen molar-refractivity contribution in [3.8, 4) is 23.0 Å². The molecule has 0 aromatic heterocycles. The lowest BCUT2D eigenvalue weighted by Gasteiger charge is -2.15. The number of halogens is 2. The molecule has 26 heavy (non-hydrogen) atoms. The summed E-state index contributed by atoms with van der Waals surface area (Å²) in [7, 11) is 0. The summed E-state index contributed by atoms with van der Waals surface area (Å²) in [6.45, 7) is 0. The summed E-state index contributed by atoms with van der Waals surface area (Å²) in [5.41, 5.74) is 0.836. The first kappa shape index (κ1) is 17.8. The zero-order valence-corrected chi connectivity index (χ0v) is 14.7. The van der Waals surface area contributed by atoms with Gasteiger partial charge in [-0.1, -0.05) is 23.2 Å². The lowest BCUT2D eigenvalue weighted by atomic mass is 10.2. The van der Waals surface area contributed by atoms with Crippen LogP contribution in [0.2, 0.25) is 10.0 Å². The molecule has 0 radical (unpaired) electrons. The molecule has 0 aliphatic carbocycles. The van der Waals surface area contributed by atoms with E-state index >= 15 is 0 Å². The van der Waals surface area contributed by atoms with Gasteiger partial charge >= 0.3 is 0 Å². The fraction of sp³-hybridized carbons (Fsp3) is 0. The predicted octanol–water partition coefficient (Wildman–Crippen LogP) is 5.30. The highest BCUT2D eigenvalue weighted by Crippen LogP contribution is 2.41. The quantitative estimate of drug-likeness (QED) is 0.265. The van der Waals surface area contributed by atoms with E-state index in [1.807, 2.05) is 0 Å². The molecule has 0 bridgehead atoms. The van der Waals surface area contributed by atoms with E-state index in [1.165, 1.54) is 48.5 Å². The van der Waals surface area contributed by atoms with Gasteiger partial charge in [0.15, 0.2) is 0 Å². The van der Waals surface area contributed by atoms with E-state index in [0.717, 1.165) is 0 Å². The summed E-state index contributed by atoms with van der Waals surface area (Å²) in [5.74, 6) is -0.545. The summed E-state index contributed by atoms with van der Waals surface area (Å²) in [6.07, 6.45) is 0. The van der Waals surface area contributed by atoms with E-state index in [2.05, 4.69) is 10.6 Å². The van der Waals surface area contributed by atoms with E-state index in [-0.39, 0.29) is 45.7 Å². The molecular formula is C18H14Cl2N2O4. The highest BCUT2D eigenvalue weighted by molar-refractivity contribution is 6.31. The number of rotatable bonds is 4. The first-order valence-electron chi connectivity index (χ1n) is 7.40. The Labute approximate surface area is 158 Å². The van der Waals surface area contributed by atoms with Crippen LogP contribution in [0.25, 0.3) is 0 Å². The normalized spacial score (nSPS) is 10.5. The van der Waals surface area contributed by atoms with Crippen LogP contribution in [-0.2, 0) is 0 Å². The molecule has 0 unspecified atom stereocenters. The van der Waals surface area contributed by atoms with Gasteiger partial charge in [0.2, 0.25) is 0 Å². The molecule has 3 rings (SSSR count). The molecule has 8 heteroatoms. The van der Waals surface area contributed by atoms with Crippen LogP contribution < -0.4 is 10.6 Å². The van der Waals surface area contributed by atoms with Crippen LogP contribution in [0.3, 0.4) is 0 Å². The first-order chi connectivity index (χ1) is 12.3. The monoisotopic (exact) mass is 392 g/mol. The van der Waals surface area contributed by atoms with Gasteiger partial charge in [-0.2, -0.15) is 0 Å². The third-order valence-electron chi connectivity index (χ3n) is 3.57. The zero-order chi connectivity index (χ0) is 18.8. The Morgan fingerprint density at radius 3 is 1.23 bits per heavy atom. The third-order valence-corrected chi connectivity index (χ3v) is 4.04. The molecule has 134 valence electrons. The molecular weight excluding hydrogens is 379 g/mol. The number of aromatic hydroxyl groups is 4. The summed E-state index contributed by atoms with van der Waals surface area (Å²) in [4.78, 5) is 0. The van der Waals surface area contributed by atoms with Crippen LogP contribution in [0.4, 0.5) is 22.7 Å². The molecule has 3 aromatic carbocycles. The van der Waals surface area contributed by atoms with Crippen molar-refractivity contribution in [1.29, 1.82) is 0 Å². The summed E-state index contributed by atoms with van der Waals surface area (Å²) in [6, 6.07) is 11.3. The van der Waals surface area contributed by atoms with Crippen molar-refractivity contribution in [2.45, 2.75) is 0 Å². The number of hydrogen-bond donors (Lipinski definition) is 6. The molecule has 0 saturated heterocycles. The van der Waals surface area contributed by atoms with Gasteiger partial charge in [-0.05, 0) is 36.4 Å². The Bertz CT molecular complexity index is 900. The first-order valence-corrected chi connectivity index (χ1v) is 8.16. The highest BCUT2D eigenvalue weighted by atomic mass is 35.5. The van der Waals surface area contributed by atoms with E-state index in [0.29, 0.717) is 10.0 Å². The molecule has 0 atom stereocenters. The molecule has 6 N–H and O–H groups in total. The SMILES string of the molecule is Oc1ccc(Cl)cc1Nc1cc(O)c(Nc2cc(Cl)ccc2O)cc1O. The van der Waals surface area contributed by atoms with Crippen LogP contribution in [0.15, 0.2) is 48.5 Å². The number of phenols is 4. The maximum Gasteiger partial charge on any atom is 0.141 e. The molecule has 0 amide bonds. The third kappa shape index (κ3) is 3.82. The second-order valence-corrected chi connectivity index (χ2v) is 6.33. The van der Waals surface area contributed by atoms with Gasteiger partial charge in [0.1, 0.15) is 23.0 Å². The Balaban J connectivity index is 1.91. The van der Waals surface area contributed by atoms with E-state index < -0.39 is 0 Å². The minimum Gasteiger partial charge on any atom is -0.506 e. The maximum absolute atomic E-state index is 10.2. The molecule has 0 fully saturated rings. The average Bonchev–Trinajstić information content (AvgIpc) is 2.58. The van der Waals surface area contributed by atoms with Crippen LogP contribution in [0.5, 0.6) is 23.0 Å². The number of anilines is 4. The number of hydrogen-bond acceptors (Lipinski definition) is 6. The minimum atomic E-state index is -0.203. The van der Waals surface area contributed by atoms with Gasteiger partial charge in [-0.15, -0.1) is 0 Å². The maximum atomic E-state index is 10.2. The molecule has 0 spiro atoms. The molecule has 0 saturated carbocycles. The van der Waals surface area contributed by atoms with Crippen molar-refractivity contribution in [2.75, 3.05) is 10.6 Å². The van der Waals surface area contributed by atoms with Gasteiger partial charge in [-0.3, -0.25) is 0 Å². The van der Waals surface area contributed by atoms with Gasteiger partial charge in [-0.25, -0.2) is 0 Å². The van der Waals surface area contributed by atoms with Crippen LogP contribution in [0, 0.1) is 0 Å². The van der Waals surface area contributed by atoms with Crippen LogP contribution in [-0.4, -0.2) is 20.4 Å². The highest BCUT2D eigenvalue weighted by Gasteiger charge is 2.13. The molecule has 3 aromatic rings. The number of phenolic OH excluding ortho intramolecular Hbond substituents is 4. The smallest absolute Gasteiger partial charge is 0.141 e. The lowest BCUT2D eigenvalue weighted by Crippen LogP contribution is -1.95. The largest absolute Gasteiger partial charge is 0.506 e. The summed E-state index contributed by atoms with van der Waals surface area (Å²) < 4.78 is 0. The Kier molecular flexibility index (Phi) is 4.88. The van der Waals surface area contributed by atoms with Crippen molar-refractivity contribution >= 4 is 46.0 Å². The summed E-state index contributed by atoms with van der Waals surface area (Å²) >= 11 is 11.8. The Morgan fingerprint density at radius 1 is 0.500 bits per heavy atom. The van der Waals surface area contributed by atoms with Crippen molar-refractivity contribution in [3.63, 3.8) is 0 Å². The summed E-state index contributed by atoms with van der Waals surface area (Å²) in [5, 5.41) is 46.5.